The number of rotatable bonds is 8. The van der Waals surface area contributed by atoms with E-state index in [0.29, 0.717) is 5.92 Å². The van der Waals surface area contributed by atoms with Crippen LogP contribution in [-0.4, -0.2) is 32.8 Å². The van der Waals surface area contributed by atoms with Gasteiger partial charge < -0.3 is 5.32 Å². The molecule has 0 amide bonds. The molecule has 1 aliphatic rings. The molecule has 0 aromatic heterocycles. The zero-order valence-corrected chi connectivity index (χ0v) is 13.4. The predicted octanol–water partition coefficient (Wildman–Crippen LogP) is 2.26. The third kappa shape index (κ3) is 7.90. The van der Waals surface area contributed by atoms with E-state index in [2.05, 4.69) is 23.9 Å². The second-order valence-electron chi connectivity index (χ2n) is 6.27. The zero-order chi connectivity index (χ0) is 14.3. The molecule has 4 nitrogen and oxygen atoms in total. The summed E-state index contributed by atoms with van der Waals surface area (Å²) in [6.07, 6.45) is 6.45. The van der Waals surface area contributed by atoms with Gasteiger partial charge in [0.05, 0.1) is 5.75 Å². The number of hydrogen-bond donors (Lipinski definition) is 2. The van der Waals surface area contributed by atoms with Crippen molar-refractivity contribution in [2.45, 2.75) is 71.4 Å². The maximum absolute atomic E-state index is 12.1. The lowest BCUT2D eigenvalue weighted by Crippen LogP contribution is -2.44. The molecule has 1 fully saturated rings. The lowest BCUT2D eigenvalue weighted by Gasteiger charge is -2.24. The van der Waals surface area contributed by atoms with E-state index in [1.54, 1.807) is 0 Å². The van der Waals surface area contributed by atoms with Crippen LogP contribution < -0.4 is 10.0 Å². The lowest BCUT2D eigenvalue weighted by molar-refractivity contribution is 0.420. The van der Waals surface area contributed by atoms with Crippen molar-refractivity contribution in [3.05, 3.63) is 0 Å². The highest BCUT2D eigenvalue weighted by Gasteiger charge is 2.22. The number of nitrogens with one attached hydrogen (secondary N) is 2. The summed E-state index contributed by atoms with van der Waals surface area (Å²) in [6, 6.07) is 0.182. The molecular weight excluding hydrogens is 260 g/mol. The van der Waals surface area contributed by atoms with Gasteiger partial charge in [-0.15, -0.1) is 0 Å². The topological polar surface area (TPSA) is 58.2 Å². The summed E-state index contributed by atoms with van der Waals surface area (Å²) in [5, 5.41) is 3.29. The molecule has 2 unspecified atom stereocenters. The molecule has 1 rings (SSSR count). The van der Waals surface area contributed by atoms with Crippen molar-refractivity contribution >= 4 is 10.0 Å². The second kappa shape index (κ2) is 8.22. The largest absolute Gasteiger partial charge is 0.313 e. The summed E-state index contributed by atoms with van der Waals surface area (Å²) in [5.74, 6) is 0.914. The molecule has 0 bridgehead atoms. The van der Waals surface area contributed by atoms with E-state index in [-0.39, 0.29) is 17.8 Å². The van der Waals surface area contributed by atoms with Crippen LogP contribution in [-0.2, 0) is 10.0 Å². The van der Waals surface area contributed by atoms with Gasteiger partial charge in [0.25, 0.3) is 0 Å². The Hall–Kier alpha value is -0.130. The summed E-state index contributed by atoms with van der Waals surface area (Å²) >= 11 is 0. The minimum absolute atomic E-state index is 0.0485. The maximum Gasteiger partial charge on any atom is 0.213 e. The van der Waals surface area contributed by atoms with Crippen LogP contribution in [0.25, 0.3) is 0 Å². The van der Waals surface area contributed by atoms with Crippen LogP contribution in [0.3, 0.4) is 0 Å². The van der Waals surface area contributed by atoms with E-state index in [1.165, 1.54) is 0 Å². The van der Waals surface area contributed by atoms with Crippen LogP contribution in [0.2, 0.25) is 0 Å². The van der Waals surface area contributed by atoms with Gasteiger partial charge in [-0.2, -0.15) is 0 Å². The van der Waals surface area contributed by atoms with Crippen LogP contribution in [0.5, 0.6) is 0 Å². The Bertz CT molecular complexity index is 335. The van der Waals surface area contributed by atoms with Gasteiger partial charge in [0.15, 0.2) is 0 Å². The van der Waals surface area contributed by atoms with Crippen molar-refractivity contribution in [2.75, 3.05) is 12.3 Å². The molecule has 114 valence electrons. The Morgan fingerprint density at radius 3 is 2.53 bits per heavy atom. The first-order valence-electron chi connectivity index (χ1n) is 7.62. The van der Waals surface area contributed by atoms with Crippen LogP contribution in [0, 0.1) is 5.92 Å². The Morgan fingerprint density at radius 1 is 1.21 bits per heavy atom. The average Bonchev–Trinajstić information content (AvgIpc) is 2.28. The smallest absolute Gasteiger partial charge is 0.213 e. The van der Waals surface area contributed by atoms with Crippen molar-refractivity contribution in [1.29, 1.82) is 0 Å². The van der Waals surface area contributed by atoms with E-state index in [0.717, 1.165) is 45.1 Å². The average molecular weight is 290 g/mol. The van der Waals surface area contributed by atoms with Gasteiger partial charge in [-0.05, 0) is 38.6 Å². The third-order valence-corrected chi connectivity index (χ3v) is 5.24. The molecule has 0 radical (unpaired) electrons. The predicted molar refractivity (Wildman–Crippen MR) is 80.7 cm³/mol. The van der Waals surface area contributed by atoms with E-state index in [1.807, 2.05) is 6.92 Å². The monoisotopic (exact) mass is 290 g/mol. The molecule has 1 saturated heterocycles. The fraction of sp³-hybridized carbons (Fsp3) is 1.00. The SMILES string of the molecule is CC(C)CCCC(C)NS(=O)(=O)CC1CCCCN1. The molecule has 0 saturated carbocycles. The van der Waals surface area contributed by atoms with Gasteiger partial charge >= 0.3 is 0 Å². The fourth-order valence-electron chi connectivity index (χ4n) is 2.58. The van der Waals surface area contributed by atoms with E-state index < -0.39 is 10.0 Å². The number of piperidine rings is 1. The molecule has 0 aliphatic carbocycles. The zero-order valence-electron chi connectivity index (χ0n) is 12.6. The molecule has 2 atom stereocenters. The number of hydrogen-bond acceptors (Lipinski definition) is 3. The maximum atomic E-state index is 12.1. The van der Waals surface area contributed by atoms with E-state index in [9.17, 15) is 8.42 Å². The first-order chi connectivity index (χ1) is 8.89. The first kappa shape index (κ1) is 16.9. The summed E-state index contributed by atoms with van der Waals surface area (Å²) in [7, 11) is -3.14. The normalized spacial score (nSPS) is 22.6. The summed E-state index contributed by atoms with van der Waals surface area (Å²) in [6.45, 7) is 7.31. The third-order valence-electron chi connectivity index (χ3n) is 3.63. The molecule has 0 aromatic carbocycles. The Balaban J connectivity index is 2.28. The van der Waals surface area contributed by atoms with Gasteiger partial charge in [-0.3, -0.25) is 0 Å². The van der Waals surface area contributed by atoms with Crippen LogP contribution >= 0.6 is 0 Å². The van der Waals surface area contributed by atoms with Crippen molar-refractivity contribution in [2.24, 2.45) is 5.92 Å². The van der Waals surface area contributed by atoms with Gasteiger partial charge in [-0.1, -0.05) is 33.1 Å². The highest BCUT2D eigenvalue weighted by atomic mass is 32.2. The van der Waals surface area contributed by atoms with Gasteiger partial charge in [-0.25, -0.2) is 13.1 Å². The van der Waals surface area contributed by atoms with Crippen molar-refractivity contribution < 1.29 is 8.42 Å². The highest BCUT2D eigenvalue weighted by molar-refractivity contribution is 7.89. The minimum atomic E-state index is -3.14. The fourth-order valence-corrected chi connectivity index (χ4v) is 4.22. The Labute approximate surface area is 118 Å². The Morgan fingerprint density at radius 2 is 1.95 bits per heavy atom. The molecule has 19 heavy (non-hydrogen) atoms. The summed E-state index contributed by atoms with van der Waals surface area (Å²) in [4.78, 5) is 0. The minimum Gasteiger partial charge on any atom is -0.313 e. The van der Waals surface area contributed by atoms with Crippen molar-refractivity contribution in [3.8, 4) is 0 Å². The van der Waals surface area contributed by atoms with E-state index in [4.69, 9.17) is 0 Å². The standard InChI is InChI=1S/C14H30N2O2S/c1-12(2)7-6-8-13(3)16-19(17,18)11-14-9-4-5-10-15-14/h12-16H,4-11H2,1-3H3. The quantitative estimate of drug-likeness (QED) is 0.721. The van der Waals surface area contributed by atoms with E-state index >= 15 is 0 Å². The molecule has 0 spiro atoms. The lowest BCUT2D eigenvalue weighted by atomic mass is 10.0. The highest BCUT2D eigenvalue weighted by Crippen LogP contribution is 2.11. The molecule has 5 heteroatoms. The summed E-state index contributed by atoms with van der Waals surface area (Å²) in [5.41, 5.74) is 0. The van der Waals surface area contributed by atoms with Crippen molar-refractivity contribution in [1.82, 2.24) is 10.0 Å². The van der Waals surface area contributed by atoms with Gasteiger partial charge in [0.1, 0.15) is 0 Å². The van der Waals surface area contributed by atoms with Crippen LogP contribution in [0.15, 0.2) is 0 Å². The Kier molecular flexibility index (Phi) is 7.32. The summed E-state index contributed by atoms with van der Waals surface area (Å²) < 4.78 is 26.9. The van der Waals surface area contributed by atoms with Gasteiger partial charge in [0, 0.05) is 12.1 Å². The van der Waals surface area contributed by atoms with Crippen LogP contribution in [0.4, 0.5) is 0 Å². The first-order valence-corrected chi connectivity index (χ1v) is 9.27. The molecule has 1 aliphatic heterocycles. The molecule has 0 aromatic rings. The van der Waals surface area contributed by atoms with Crippen LogP contribution in [0.1, 0.15) is 59.3 Å². The molecule has 1 heterocycles. The molecule has 2 N–H and O–H groups in total. The molecular formula is C14H30N2O2S. The number of sulfonamides is 1. The second-order valence-corrected chi connectivity index (χ2v) is 8.07. The van der Waals surface area contributed by atoms with Crippen molar-refractivity contribution in [3.63, 3.8) is 0 Å². The van der Waals surface area contributed by atoms with Gasteiger partial charge in [0.2, 0.25) is 10.0 Å².